The van der Waals surface area contributed by atoms with Crippen LogP contribution in [0.2, 0.25) is 0 Å². The number of aryl methyl sites for hydroxylation is 1. The topological polar surface area (TPSA) is 58.1 Å². The van der Waals surface area contributed by atoms with Crippen molar-refractivity contribution in [3.05, 3.63) is 77.1 Å². The highest BCUT2D eigenvalue weighted by Crippen LogP contribution is 2.28. The van der Waals surface area contributed by atoms with Crippen LogP contribution in [-0.4, -0.2) is 22.4 Å². The van der Waals surface area contributed by atoms with E-state index in [0.717, 1.165) is 23.4 Å². The van der Waals surface area contributed by atoms with E-state index in [1.165, 1.54) is 11.1 Å². The molecule has 1 N–H and O–H groups in total. The summed E-state index contributed by atoms with van der Waals surface area (Å²) in [6.45, 7) is 4.82. The number of aromatic nitrogens is 2. The standard InChI is InChI=1S/C21H20N4O/c1-14-6-5-8-18(15(14)2)24-21-22-12-17(13-23-21)20(26)25-11-10-16-7-3-4-9-19(16)25/h3-9,12-13H,10-11H2,1-2H3,(H,22,23,24). The first-order valence-electron chi connectivity index (χ1n) is 8.68. The van der Waals surface area contributed by atoms with Crippen molar-refractivity contribution in [2.24, 2.45) is 0 Å². The Bertz CT molecular complexity index is 966. The number of para-hydroxylation sites is 1. The van der Waals surface area contributed by atoms with Crippen molar-refractivity contribution in [3.8, 4) is 0 Å². The summed E-state index contributed by atoms with van der Waals surface area (Å²) in [5, 5.41) is 3.22. The number of hydrogen-bond acceptors (Lipinski definition) is 4. The van der Waals surface area contributed by atoms with Gasteiger partial charge < -0.3 is 10.2 Å². The highest BCUT2D eigenvalue weighted by molar-refractivity contribution is 6.07. The van der Waals surface area contributed by atoms with Crippen LogP contribution in [0.15, 0.2) is 54.9 Å². The number of amides is 1. The van der Waals surface area contributed by atoms with Crippen molar-refractivity contribution in [2.45, 2.75) is 20.3 Å². The summed E-state index contributed by atoms with van der Waals surface area (Å²) in [5.41, 5.74) is 6.01. The molecule has 1 amide bonds. The van der Waals surface area contributed by atoms with Gasteiger partial charge in [0.1, 0.15) is 0 Å². The second-order valence-electron chi connectivity index (χ2n) is 6.50. The van der Waals surface area contributed by atoms with Crippen LogP contribution < -0.4 is 10.2 Å². The first kappa shape index (κ1) is 16.3. The van der Waals surface area contributed by atoms with Crippen LogP contribution in [0.3, 0.4) is 0 Å². The number of anilines is 3. The summed E-state index contributed by atoms with van der Waals surface area (Å²) in [7, 11) is 0. The maximum atomic E-state index is 12.8. The fourth-order valence-electron chi connectivity index (χ4n) is 3.22. The van der Waals surface area contributed by atoms with E-state index < -0.39 is 0 Å². The highest BCUT2D eigenvalue weighted by atomic mass is 16.2. The molecule has 0 bridgehead atoms. The van der Waals surface area contributed by atoms with Gasteiger partial charge in [0.15, 0.2) is 0 Å². The van der Waals surface area contributed by atoms with Gasteiger partial charge >= 0.3 is 0 Å². The number of hydrogen-bond donors (Lipinski definition) is 1. The molecule has 0 spiro atoms. The molecule has 0 unspecified atom stereocenters. The van der Waals surface area contributed by atoms with Crippen molar-refractivity contribution in [1.82, 2.24) is 9.97 Å². The molecule has 0 radical (unpaired) electrons. The molecule has 1 aliphatic rings. The average molecular weight is 344 g/mol. The number of carbonyl (C=O) groups excluding carboxylic acids is 1. The van der Waals surface area contributed by atoms with E-state index in [4.69, 9.17) is 0 Å². The first-order chi connectivity index (χ1) is 12.6. The normalized spacial score (nSPS) is 12.8. The minimum Gasteiger partial charge on any atom is -0.324 e. The fourth-order valence-corrected chi connectivity index (χ4v) is 3.22. The smallest absolute Gasteiger partial charge is 0.261 e. The number of rotatable bonds is 3. The van der Waals surface area contributed by atoms with E-state index in [1.54, 1.807) is 17.3 Å². The first-order valence-corrected chi connectivity index (χ1v) is 8.68. The molecule has 2 heterocycles. The molecule has 130 valence electrons. The van der Waals surface area contributed by atoms with E-state index in [2.05, 4.69) is 41.3 Å². The van der Waals surface area contributed by atoms with Crippen LogP contribution in [0.25, 0.3) is 0 Å². The van der Waals surface area contributed by atoms with Gasteiger partial charge in [-0.3, -0.25) is 4.79 Å². The van der Waals surface area contributed by atoms with Gasteiger partial charge in [0.25, 0.3) is 5.91 Å². The van der Waals surface area contributed by atoms with Gasteiger partial charge in [-0.25, -0.2) is 9.97 Å². The van der Waals surface area contributed by atoms with Crippen LogP contribution in [0.1, 0.15) is 27.0 Å². The summed E-state index contributed by atoms with van der Waals surface area (Å²) in [6.07, 6.45) is 4.06. The second kappa shape index (κ2) is 6.59. The maximum Gasteiger partial charge on any atom is 0.261 e. The molecule has 1 aliphatic heterocycles. The molecule has 0 aliphatic carbocycles. The van der Waals surface area contributed by atoms with E-state index in [0.29, 0.717) is 18.1 Å². The second-order valence-corrected chi connectivity index (χ2v) is 6.50. The average Bonchev–Trinajstić information content (AvgIpc) is 3.10. The lowest BCUT2D eigenvalue weighted by molar-refractivity contribution is 0.0988. The van der Waals surface area contributed by atoms with Gasteiger partial charge in [0.2, 0.25) is 5.95 Å². The fraction of sp³-hybridized carbons (Fsp3) is 0.190. The Morgan fingerprint density at radius 3 is 2.62 bits per heavy atom. The van der Waals surface area contributed by atoms with E-state index in [9.17, 15) is 4.79 Å². The summed E-state index contributed by atoms with van der Waals surface area (Å²) < 4.78 is 0. The molecular weight excluding hydrogens is 324 g/mol. The lowest BCUT2D eigenvalue weighted by atomic mass is 10.1. The van der Waals surface area contributed by atoms with E-state index in [1.807, 2.05) is 30.3 Å². The van der Waals surface area contributed by atoms with Crippen molar-refractivity contribution < 1.29 is 4.79 Å². The Morgan fingerprint density at radius 1 is 1.04 bits per heavy atom. The van der Waals surface area contributed by atoms with Crippen LogP contribution in [0, 0.1) is 13.8 Å². The van der Waals surface area contributed by atoms with E-state index in [-0.39, 0.29) is 5.91 Å². The minimum atomic E-state index is -0.0618. The van der Waals surface area contributed by atoms with Crippen molar-refractivity contribution in [3.63, 3.8) is 0 Å². The molecule has 3 aromatic rings. The SMILES string of the molecule is Cc1cccc(Nc2ncc(C(=O)N3CCc4ccccc43)cn2)c1C. The van der Waals surface area contributed by atoms with Crippen molar-refractivity contribution in [1.29, 1.82) is 0 Å². The predicted octanol–water partition coefficient (Wildman–Crippen LogP) is 4.04. The monoisotopic (exact) mass is 344 g/mol. The van der Waals surface area contributed by atoms with Crippen LogP contribution >= 0.6 is 0 Å². The summed E-state index contributed by atoms with van der Waals surface area (Å²) in [5.74, 6) is 0.422. The van der Waals surface area contributed by atoms with Gasteiger partial charge in [-0.05, 0) is 49.1 Å². The molecule has 0 atom stereocenters. The Kier molecular flexibility index (Phi) is 4.13. The summed E-state index contributed by atoms with van der Waals surface area (Å²) >= 11 is 0. The number of fused-ring (bicyclic) bond motifs is 1. The van der Waals surface area contributed by atoms with Crippen molar-refractivity contribution >= 4 is 23.2 Å². The highest BCUT2D eigenvalue weighted by Gasteiger charge is 2.25. The zero-order valence-electron chi connectivity index (χ0n) is 14.9. The number of benzene rings is 2. The molecule has 5 heteroatoms. The Balaban J connectivity index is 1.53. The molecular formula is C21H20N4O. The zero-order chi connectivity index (χ0) is 18.1. The largest absolute Gasteiger partial charge is 0.324 e. The number of carbonyl (C=O) groups is 1. The third-order valence-corrected chi connectivity index (χ3v) is 4.88. The number of nitrogens with one attached hydrogen (secondary N) is 1. The van der Waals surface area contributed by atoms with Gasteiger partial charge in [-0.15, -0.1) is 0 Å². The van der Waals surface area contributed by atoms with Gasteiger partial charge in [0.05, 0.1) is 5.56 Å². The molecule has 26 heavy (non-hydrogen) atoms. The van der Waals surface area contributed by atoms with Crippen LogP contribution in [-0.2, 0) is 6.42 Å². The summed E-state index contributed by atoms with van der Waals surface area (Å²) in [6, 6.07) is 14.1. The Morgan fingerprint density at radius 2 is 1.81 bits per heavy atom. The van der Waals surface area contributed by atoms with Gasteiger partial charge in [0, 0.05) is 30.3 Å². The minimum absolute atomic E-state index is 0.0618. The van der Waals surface area contributed by atoms with Gasteiger partial charge in [-0.2, -0.15) is 0 Å². The molecule has 0 fully saturated rings. The molecule has 5 nitrogen and oxygen atoms in total. The zero-order valence-corrected chi connectivity index (χ0v) is 14.9. The Labute approximate surface area is 152 Å². The third kappa shape index (κ3) is 2.92. The Hall–Kier alpha value is -3.21. The number of nitrogens with zero attached hydrogens (tertiary/aromatic N) is 3. The quantitative estimate of drug-likeness (QED) is 0.779. The summed E-state index contributed by atoms with van der Waals surface area (Å²) in [4.78, 5) is 23.2. The van der Waals surface area contributed by atoms with Crippen molar-refractivity contribution in [2.75, 3.05) is 16.8 Å². The van der Waals surface area contributed by atoms with Gasteiger partial charge in [-0.1, -0.05) is 30.3 Å². The molecule has 1 aromatic heterocycles. The molecule has 2 aromatic carbocycles. The van der Waals surface area contributed by atoms with E-state index >= 15 is 0 Å². The molecule has 0 saturated heterocycles. The van der Waals surface area contributed by atoms with Crippen LogP contribution in [0.5, 0.6) is 0 Å². The third-order valence-electron chi connectivity index (χ3n) is 4.88. The maximum absolute atomic E-state index is 12.8. The molecule has 4 rings (SSSR count). The lowest BCUT2D eigenvalue weighted by Crippen LogP contribution is -2.29. The van der Waals surface area contributed by atoms with Crippen LogP contribution in [0.4, 0.5) is 17.3 Å². The molecule has 0 saturated carbocycles. The predicted molar refractivity (Wildman–Crippen MR) is 103 cm³/mol. The lowest BCUT2D eigenvalue weighted by Gasteiger charge is -2.17.